The predicted molar refractivity (Wildman–Crippen MR) is 129 cm³/mol. The lowest BCUT2D eigenvalue weighted by Gasteiger charge is -2.11. The molecule has 0 amide bonds. The second-order valence-corrected chi connectivity index (χ2v) is 9.26. The number of aryl methyl sites for hydroxylation is 3. The molecule has 156 valence electrons. The highest BCUT2D eigenvalue weighted by atomic mass is 14.9. The average molecular weight is 408 g/mol. The van der Waals surface area contributed by atoms with Crippen molar-refractivity contribution in [1.82, 2.24) is 4.98 Å². The van der Waals surface area contributed by atoms with Crippen LogP contribution in [0, 0.1) is 20.8 Å². The van der Waals surface area contributed by atoms with Gasteiger partial charge in [0.05, 0.1) is 0 Å². The molecule has 2 heterocycles. The van der Waals surface area contributed by atoms with E-state index < -0.39 is 0 Å². The van der Waals surface area contributed by atoms with Gasteiger partial charge in [-0.15, -0.1) is 0 Å². The Hall–Kier alpha value is -3.00. The van der Waals surface area contributed by atoms with E-state index in [1.54, 1.807) is 0 Å². The summed E-state index contributed by atoms with van der Waals surface area (Å²) in [6.07, 6.45) is 7.33. The number of hydrogen-bond donors (Lipinski definition) is 0. The summed E-state index contributed by atoms with van der Waals surface area (Å²) >= 11 is 0. The molecule has 0 bridgehead atoms. The van der Waals surface area contributed by atoms with Gasteiger partial charge < -0.3 is 0 Å². The van der Waals surface area contributed by atoms with Crippen LogP contribution >= 0.6 is 0 Å². The van der Waals surface area contributed by atoms with Gasteiger partial charge in [0.1, 0.15) is 7.05 Å². The minimum atomic E-state index is 0.659. The summed E-state index contributed by atoms with van der Waals surface area (Å²) in [5.41, 5.74) is 11.5. The third-order valence-electron chi connectivity index (χ3n) is 7.15. The molecule has 2 aromatic heterocycles. The molecule has 31 heavy (non-hydrogen) atoms. The van der Waals surface area contributed by atoms with Gasteiger partial charge in [0.2, 0.25) is 11.2 Å². The average Bonchev–Trinajstić information content (AvgIpc) is 3.32. The number of hydrogen-bond acceptors (Lipinski definition) is 1. The van der Waals surface area contributed by atoms with Crippen molar-refractivity contribution in [2.75, 3.05) is 0 Å². The lowest BCUT2D eigenvalue weighted by atomic mass is 9.96. The number of pyridine rings is 2. The van der Waals surface area contributed by atoms with Crippen molar-refractivity contribution in [2.24, 2.45) is 7.05 Å². The Balaban J connectivity index is 1.57. The van der Waals surface area contributed by atoms with Crippen LogP contribution in [-0.2, 0) is 7.05 Å². The largest absolute Gasteiger partial charge is 0.260 e. The zero-order valence-electron chi connectivity index (χ0n) is 19.1. The number of aromatic nitrogens is 2. The van der Waals surface area contributed by atoms with E-state index in [4.69, 9.17) is 4.98 Å². The summed E-state index contributed by atoms with van der Waals surface area (Å²) in [7, 11) is 2.18. The lowest BCUT2D eigenvalue weighted by Crippen LogP contribution is -2.32. The molecule has 1 fully saturated rings. The van der Waals surface area contributed by atoms with Crippen molar-refractivity contribution in [1.29, 1.82) is 0 Å². The van der Waals surface area contributed by atoms with Gasteiger partial charge in [-0.25, -0.2) is 0 Å². The SMILES string of the molecule is Cc1cc(C)c(C)c(-c2ccc3ccc(-c4ccc(C5CCCC5)nc4)cc3[n+]2C)c1. The third kappa shape index (κ3) is 3.65. The Kier molecular flexibility index (Phi) is 5.09. The van der Waals surface area contributed by atoms with Gasteiger partial charge in [0, 0.05) is 46.5 Å². The van der Waals surface area contributed by atoms with Gasteiger partial charge in [0.15, 0.2) is 0 Å². The van der Waals surface area contributed by atoms with Crippen LogP contribution in [0.15, 0.2) is 60.8 Å². The Bertz CT molecular complexity index is 1260. The molecule has 1 saturated carbocycles. The summed E-state index contributed by atoms with van der Waals surface area (Å²) in [5, 5.41) is 1.26. The first-order valence-corrected chi connectivity index (χ1v) is 11.5. The molecule has 0 aliphatic heterocycles. The fraction of sp³-hybridized carbons (Fsp3) is 0.310. The van der Waals surface area contributed by atoms with Crippen LogP contribution in [0.5, 0.6) is 0 Å². The third-order valence-corrected chi connectivity index (χ3v) is 7.15. The minimum Gasteiger partial charge on any atom is -0.260 e. The topological polar surface area (TPSA) is 16.8 Å². The summed E-state index contributed by atoms with van der Waals surface area (Å²) in [6, 6.07) is 20.3. The molecule has 0 N–H and O–H groups in total. The Morgan fingerprint density at radius 1 is 0.839 bits per heavy atom. The van der Waals surface area contributed by atoms with Crippen LogP contribution in [0.2, 0.25) is 0 Å². The Labute approximate surface area is 185 Å². The molecule has 0 radical (unpaired) electrons. The number of fused-ring (bicyclic) bond motifs is 1. The van der Waals surface area contributed by atoms with E-state index in [9.17, 15) is 0 Å². The van der Waals surface area contributed by atoms with Crippen LogP contribution in [0.3, 0.4) is 0 Å². The van der Waals surface area contributed by atoms with E-state index in [0.717, 1.165) is 0 Å². The molecule has 0 unspecified atom stereocenters. The highest BCUT2D eigenvalue weighted by Crippen LogP contribution is 2.34. The first-order chi connectivity index (χ1) is 15.0. The van der Waals surface area contributed by atoms with Gasteiger partial charge >= 0.3 is 0 Å². The van der Waals surface area contributed by atoms with E-state index >= 15 is 0 Å². The molecule has 4 aromatic rings. The molecular weight excluding hydrogens is 376 g/mol. The Morgan fingerprint density at radius 3 is 2.32 bits per heavy atom. The van der Waals surface area contributed by atoms with Crippen molar-refractivity contribution in [2.45, 2.75) is 52.4 Å². The van der Waals surface area contributed by atoms with Crippen molar-refractivity contribution in [3.63, 3.8) is 0 Å². The molecule has 2 heteroatoms. The van der Waals surface area contributed by atoms with E-state index in [1.807, 2.05) is 0 Å². The van der Waals surface area contributed by atoms with Crippen LogP contribution in [0.25, 0.3) is 33.3 Å². The molecule has 0 spiro atoms. The van der Waals surface area contributed by atoms with Crippen molar-refractivity contribution < 1.29 is 4.57 Å². The summed E-state index contributed by atoms with van der Waals surface area (Å²) in [5.74, 6) is 0.659. The monoisotopic (exact) mass is 407 g/mol. The number of nitrogens with zero attached hydrogens (tertiary/aromatic N) is 2. The maximum Gasteiger partial charge on any atom is 0.213 e. The van der Waals surface area contributed by atoms with Gasteiger partial charge in [-0.1, -0.05) is 36.6 Å². The maximum atomic E-state index is 4.83. The smallest absolute Gasteiger partial charge is 0.213 e. The fourth-order valence-corrected chi connectivity index (χ4v) is 5.18. The van der Waals surface area contributed by atoms with Crippen molar-refractivity contribution >= 4 is 10.9 Å². The molecule has 5 rings (SSSR count). The molecule has 0 saturated heterocycles. The highest BCUT2D eigenvalue weighted by molar-refractivity contribution is 5.83. The molecule has 1 aliphatic carbocycles. The zero-order chi connectivity index (χ0) is 21.5. The normalized spacial score (nSPS) is 14.5. The van der Waals surface area contributed by atoms with Crippen LogP contribution in [0.4, 0.5) is 0 Å². The summed E-state index contributed by atoms with van der Waals surface area (Å²) < 4.78 is 2.33. The first kappa shape index (κ1) is 19.9. The first-order valence-electron chi connectivity index (χ1n) is 11.5. The van der Waals surface area contributed by atoms with Gasteiger partial charge in [0.25, 0.3) is 0 Å². The van der Waals surface area contributed by atoms with E-state index in [2.05, 4.69) is 93.2 Å². The van der Waals surface area contributed by atoms with Crippen LogP contribution in [-0.4, -0.2) is 4.98 Å². The van der Waals surface area contributed by atoms with E-state index in [-0.39, 0.29) is 0 Å². The predicted octanol–water partition coefficient (Wildman–Crippen LogP) is 6.98. The van der Waals surface area contributed by atoms with Gasteiger partial charge in [-0.3, -0.25) is 4.98 Å². The number of rotatable bonds is 3. The Morgan fingerprint density at radius 2 is 1.58 bits per heavy atom. The lowest BCUT2D eigenvalue weighted by molar-refractivity contribution is -0.633. The molecule has 2 aromatic carbocycles. The number of benzene rings is 2. The van der Waals surface area contributed by atoms with Crippen molar-refractivity contribution in [3.8, 4) is 22.4 Å². The quantitative estimate of drug-likeness (QED) is 0.335. The molecule has 1 aliphatic rings. The highest BCUT2D eigenvalue weighted by Gasteiger charge is 2.19. The van der Waals surface area contributed by atoms with Crippen LogP contribution in [0.1, 0.15) is 54.0 Å². The van der Waals surface area contributed by atoms with Crippen LogP contribution < -0.4 is 4.57 Å². The summed E-state index contributed by atoms with van der Waals surface area (Å²) in [4.78, 5) is 4.83. The second-order valence-electron chi connectivity index (χ2n) is 9.26. The fourth-order valence-electron chi connectivity index (χ4n) is 5.18. The molecule has 2 nitrogen and oxygen atoms in total. The van der Waals surface area contributed by atoms with Crippen molar-refractivity contribution in [3.05, 3.63) is 83.2 Å². The maximum absolute atomic E-state index is 4.83. The van der Waals surface area contributed by atoms with E-state index in [0.29, 0.717) is 5.92 Å². The zero-order valence-corrected chi connectivity index (χ0v) is 19.1. The minimum absolute atomic E-state index is 0.659. The van der Waals surface area contributed by atoms with Gasteiger partial charge in [-0.2, -0.15) is 4.57 Å². The standard InChI is InChI=1S/C29H31N2/c1-19-15-20(2)21(3)26(16-19)28-14-12-23-9-10-24(17-29(23)31(28)4)25-11-13-27(30-18-25)22-7-5-6-8-22/h9-18,22H,5-8H2,1-4H3/q+1. The second kappa shape index (κ2) is 7.92. The van der Waals surface area contributed by atoms with E-state index in [1.165, 1.54) is 81.4 Å². The molecule has 0 atom stereocenters. The van der Waals surface area contributed by atoms with Gasteiger partial charge in [-0.05, 0) is 74.6 Å². The molecular formula is C29H31N2+. The summed E-state index contributed by atoms with van der Waals surface area (Å²) in [6.45, 7) is 6.60.